The number of fused-ring (bicyclic) bond motifs is 6. The Morgan fingerprint density at radius 2 is 1.60 bits per heavy atom. The lowest BCUT2D eigenvalue weighted by atomic mass is 9.79. The predicted octanol–water partition coefficient (Wildman–Crippen LogP) is 6.84. The lowest BCUT2D eigenvalue weighted by molar-refractivity contribution is 0.549. The highest BCUT2D eigenvalue weighted by molar-refractivity contribution is 6.30. The zero-order chi connectivity index (χ0) is 20.2. The van der Waals surface area contributed by atoms with Crippen molar-refractivity contribution < 1.29 is 4.42 Å². The van der Waals surface area contributed by atoms with Crippen molar-refractivity contribution in [2.45, 2.75) is 5.92 Å². The van der Waals surface area contributed by atoms with Gasteiger partial charge in [0.1, 0.15) is 5.58 Å². The first-order valence-electron chi connectivity index (χ1n) is 9.80. The van der Waals surface area contributed by atoms with Crippen LogP contribution in [0.15, 0.2) is 94.1 Å². The molecular formula is C26H16ClNO2. The van der Waals surface area contributed by atoms with Crippen molar-refractivity contribution in [3.05, 3.63) is 117 Å². The summed E-state index contributed by atoms with van der Waals surface area (Å²) in [6.07, 6.45) is 0. The van der Waals surface area contributed by atoms with Crippen LogP contribution in [0.2, 0.25) is 5.02 Å². The molecule has 4 heteroatoms. The Morgan fingerprint density at radius 3 is 2.47 bits per heavy atom. The van der Waals surface area contributed by atoms with E-state index in [1.165, 1.54) is 0 Å². The molecule has 1 aromatic heterocycles. The van der Waals surface area contributed by atoms with E-state index in [-0.39, 0.29) is 11.5 Å². The summed E-state index contributed by atoms with van der Waals surface area (Å²) in [5.41, 5.74) is 4.66. The fourth-order valence-corrected chi connectivity index (χ4v) is 4.77. The van der Waals surface area contributed by atoms with Gasteiger partial charge in [0.05, 0.1) is 11.3 Å². The van der Waals surface area contributed by atoms with Gasteiger partial charge in [0.25, 0.3) is 0 Å². The van der Waals surface area contributed by atoms with E-state index < -0.39 is 0 Å². The molecule has 6 rings (SSSR count). The average Bonchev–Trinajstić information content (AvgIpc) is 2.77. The van der Waals surface area contributed by atoms with Gasteiger partial charge in [-0.05, 0) is 52.2 Å². The molecule has 0 fully saturated rings. The first-order valence-corrected chi connectivity index (χ1v) is 10.2. The molecule has 5 aromatic rings. The number of hydrogen-bond donors (Lipinski definition) is 1. The van der Waals surface area contributed by atoms with Crippen molar-refractivity contribution >= 4 is 44.7 Å². The Kier molecular flexibility index (Phi) is 3.74. The molecule has 4 aromatic carbocycles. The predicted molar refractivity (Wildman–Crippen MR) is 122 cm³/mol. The van der Waals surface area contributed by atoms with Gasteiger partial charge in [-0.1, -0.05) is 66.2 Å². The lowest BCUT2D eigenvalue weighted by Crippen LogP contribution is -2.22. The summed E-state index contributed by atoms with van der Waals surface area (Å²) >= 11 is 6.35. The molecular weight excluding hydrogens is 394 g/mol. The van der Waals surface area contributed by atoms with Gasteiger partial charge in [0, 0.05) is 22.0 Å². The summed E-state index contributed by atoms with van der Waals surface area (Å²) < 4.78 is 5.74. The molecule has 1 aliphatic rings. The molecule has 2 heterocycles. The molecule has 3 nitrogen and oxygen atoms in total. The van der Waals surface area contributed by atoms with Gasteiger partial charge in [0.2, 0.25) is 0 Å². The first kappa shape index (κ1) is 17.3. The minimum absolute atomic E-state index is 0.290. The summed E-state index contributed by atoms with van der Waals surface area (Å²) in [6, 6.07) is 27.8. The number of benzene rings is 4. The van der Waals surface area contributed by atoms with Crippen molar-refractivity contribution in [2.24, 2.45) is 0 Å². The Hall–Kier alpha value is -3.56. The van der Waals surface area contributed by atoms with E-state index in [0.717, 1.165) is 38.7 Å². The monoisotopic (exact) mass is 409 g/mol. The molecule has 30 heavy (non-hydrogen) atoms. The SMILES string of the molecule is O=c1oc2ccccc2c2c1C(c1cccc(Cl)c1)c1c(ccc3ccccc13)N2. The number of halogens is 1. The topological polar surface area (TPSA) is 42.2 Å². The molecule has 0 spiro atoms. The molecule has 1 aliphatic heterocycles. The van der Waals surface area contributed by atoms with Crippen LogP contribution in [0, 0.1) is 0 Å². The zero-order valence-corrected chi connectivity index (χ0v) is 16.6. The minimum atomic E-state index is -0.334. The largest absolute Gasteiger partial charge is 0.422 e. The molecule has 1 N–H and O–H groups in total. The Bertz CT molecular complexity index is 1520. The standard InChI is InChI=1S/C26H16ClNO2/c27-17-8-5-7-16(14-17)22-23-18-9-2-1-6-15(18)12-13-20(23)28-25-19-10-3-4-11-21(19)30-26(29)24(22)25/h1-14,22,28H. The highest BCUT2D eigenvalue weighted by Gasteiger charge is 2.33. The van der Waals surface area contributed by atoms with Gasteiger partial charge >= 0.3 is 5.63 Å². The zero-order valence-electron chi connectivity index (χ0n) is 15.9. The van der Waals surface area contributed by atoms with E-state index >= 15 is 0 Å². The van der Waals surface area contributed by atoms with Crippen molar-refractivity contribution in [3.63, 3.8) is 0 Å². The Labute approximate surface area is 177 Å². The summed E-state index contributed by atoms with van der Waals surface area (Å²) in [5, 5.41) is 7.29. The molecule has 1 atom stereocenters. The van der Waals surface area contributed by atoms with Crippen LogP contribution in [0.25, 0.3) is 21.7 Å². The summed E-state index contributed by atoms with van der Waals surface area (Å²) in [7, 11) is 0. The third-order valence-corrected chi connectivity index (χ3v) is 6.07. The van der Waals surface area contributed by atoms with Crippen LogP contribution in [0.3, 0.4) is 0 Å². The summed E-state index contributed by atoms with van der Waals surface area (Å²) in [5.74, 6) is -0.290. The molecule has 0 bridgehead atoms. The van der Waals surface area contributed by atoms with Crippen molar-refractivity contribution in [1.29, 1.82) is 0 Å². The number of hydrogen-bond acceptors (Lipinski definition) is 3. The summed E-state index contributed by atoms with van der Waals surface area (Å²) in [6.45, 7) is 0. The van der Waals surface area contributed by atoms with E-state index in [1.54, 1.807) is 0 Å². The van der Waals surface area contributed by atoms with E-state index in [9.17, 15) is 4.79 Å². The second kappa shape index (κ2) is 6.48. The van der Waals surface area contributed by atoms with Gasteiger partial charge in [-0.2, -0.15) is 0 Å². The lowest BCUT2D eigenvalue weighted by Gasteiger charge is -2.30. The van der Waals surface area contributed by atoms with E-state index in [2.05, 4.69) is 29.6 Å². The van der Waals surface area contributed by atoms with Gasteiger partial charge < -0.3 is 9.73 Å². The molecule has 0 radical (unpaired) electrons. The van der Waals surface area contributed by atoms with Crippen LogP contribution in [0.4, 0.5) is 11.4 Å². The molecule has 0 saturated heterocycles. The maximum absolute atomic E-state index is 13.3. The quantitative estimate of drug-likeness (QED) is 0.302. The van der Waals surface area contributed by atoms with E-state index in [0.29, 0.717) is 16.2 Å². The van der Waals surface area contributed by atoms with Crippen LogP contribution >= 0.6 is 11.6 Å². The van der Waals surface area contributed by atoms with E-state index in [1.807, 2.05) is 60.7 Å². The van der Waals surface area contributed by atoms with Crippen molar-refractivity contribution in [2.75, 3.05) is 5.32 Å². The van der Waals surface area contributed by atoms with Crippen LogP contribution in [0.1, 0.15) is 22.6 Å². The second-order valence-electron chi connectivity index (χ2n) is 7.54. The maximum atomic E-state index is 13.3. The van der Waals surface area contributed by atoms with Crippen molar-refractivity contribution in [1.82, 2.24) is 0 Å². The number of nitrogens with one attached hydrogen (secondary N) is 1. The Balaban J connectivity index is 1.77. The average molecular weight is 410 g/mol. The number of para-hydroxylation sites is 1. The van der Waals surface area contributed by atoms with Crippen LogP contribution in [-0.4, -0.2) is 0 Å². The normalized spacial score (nSPS) is 14.9. The first-order chi connectivity index (χ1) is 14.7. The van der Waals surface area contributed by atoms with Gasteiger partial charge in [-0.15, -0.1) is 0 Å². The van der Waals surface area contributed by atoms with Gasteiger partial charge in [-0.25, -0.2) is 4.79 Å². The third-order valence-electron chi connectivity index (χ3n) is 5.84. The van der Waals surface area contributed by atoms with Crippen molar-refractivity contribution in [3.8, 4) is 0 Å². The highest BCUT2D eigenvalue weighted by Crippen LogP contribution is 2.48. The highest BCUT2D eigenvalue weighted by atomic mass is 35.5. The smallest absolute Gasteiger partial charge is 0.342 e. The fourth-order valence-electron chi connectivity index (χ4n) is 4.58. The van der Waals surface area contributed by atoms with Crippen LogP contribution in [0.5, 0.6) is 0 Å². The second-order valence-corrected chi connectivity index (χ2v) is 7.97. The maximum Gasteiger partial charge on any atom is 0.342 e. The molecule has 0 amide bonds. The molecule has 144 valence electrons. The van der Waals surface area contributed by atoms with Crippen LogP contribution in [-0.2, 0) is 0 Å². The number of rotatable bonds is 1. The van der Waals surface area contributed by atoms with Gasteiger partial charge in [0.15, 0.2) is 0 Å². The third kappa shape index (κ3) is 2.49. The van der Waals surface area contributed by atoms with Crippen LogP contribution < -0.4 is 10.9 Å². The fraction of sp³-hybridized carbons (Fsp3) is 0.0385. The minimum Gasteiger partial charge on any atom is -0.422 e. The number of anilines is 2. The van der Waals surface area contributed by atoms with E-state index in [4.69, 9.17) is 16.0 Å². The summed E-state index contributed by atoms with van der Waals surface area (Å²) in [4.78, 5) is 13.3. The van der Waals surface area contributed by atoms with Gasteiger partial charge in [-0.3, -0.25) is 0 Å². The Morgan fingerprint density at radius 1 is 0.800 bits per heavy atom. The molecule has 1 unspecified atom stereocenters. The molecule has 0 saturated carbocycles. The molecule has 0 aliphatic carbocycles.